The number of hydrogen-bond donors (Lipinski definition) is 0. The molecule has 0 bridgehead atoms. The predicted octanol–water partition coefficient (Wildman–Crippen LogP) is 5.28. The van der Waals surface area contributed by atoms with Gasteiger partial charge in [0.1, 0.15) is 0 Å². The zero-order chi connectivity index (χ0) is 16.3. The van der Waals surface area contributed by atoms with E-state index in [1.807, 2.05) is 0 Å². The smallest absolute Gasteiger partial charge is 0.266 e. The summed E-state index contributed by atoms with van der Waals surface area (Å²) in [7, 11) is -2.50. The Hall–Kier alpha value is -1.47. The lowest BCUT2D eigenvalue weighted by Crippen LogP contribution is -2.18. The number of amides is 1. The second-order valence-corrected chi connectivity index (χ2v) is 6.96. The van der Waals surface area contributed by atoms with Gasteiger partial charge < -0.3 is 0 Å². The first-order valence-electron chi connectivity index (χ1n) is 6.17. The molecule has 0 aliphatic carbocycles. The quantitative estimate of drug-likeness (QED) is 0.686. The molecule has 0 spiro atoms. The average molecular weight is 390 g/mol. The van der Waals surface area contributed by atoms with Crippen molar-refractivity contribution in [3.63, 3.8) is 0 Å². The molecule has 2 aromatic rings. The molecule has 0 radical (unpaired) electrons. The normalized spacial score (nSPS) is 13.1. The van der Waals surface area contributed by atoms with Crippen molar-refractivity contribution >= 4 is 32.5 Å². The summed E-state index contributed by atoms with van der Waals surface area (Å²) in [6, 6.07) is 12.1. The van der Waals surface area contributed by atoms with Gasteiger partial charge in [-0.05, 0) is 47.1 Å². The molecule has 2 aromatic carbocycles. The highest BCUT2D eigenvalue weighted by molar-refractivity contribution is 9.10. The van der Waals surface area contributed by atoms with Crippen molar-refractivity contribution in [3.05, 3.63) is 64.1 Å². The molecule has 22 heavy (non-hydrogen) atoms. The van der Waals surface area contributed by atoms with E-state index in [-0.39, 0.29) is 10.5 Å². The molecule has 116 valence electrons. The highest BCUT2D eigenvalue weighted by atomic mass is 79.9. The maximum absolute atomic E-state index is 13.2. The number of benzene rings is 2. The first-order valence-corrected chi connectivity index (χ1v) is 8.15. The molecule has 0 heterocycles. The van der Waals surface area contributed by atoms with Gasteiger partial charge in [0.05, 0.1) is 5.56 Å². The molecule has 2 nitrogen and oxygen atoms in total. The van der Waals surface area contributed by atoms with E-state index in [2.05, 4.69) is 20.3 Å². The van der Waals surface area contributed by atoms with Crippen LogP contribution in [-0.2, 0) is 10.7 Å². The standard InChI is InChI=1S/C15H11BrF3NOS/c1-10-6-8-11(9-7-10)22(15(17,18)19)20-14(21)12-4-2-3-5-13(12)16/h2-9H,1H3. The maximum atomic E-state index is 13.2. The molecule has 0 aliphatic heterocycles. The summed E-state index contributed by atoms with van der Waals surface area (Å²) < 4.78 is 43.5. The van der Waals surface area contributed by atoms with Gasteiger partial charge in [-0.25, -0.2) is 0 Å². The molecule has 0 N–H and O–H groups in total. The fourth-order valence-electron chi connectivity index (χ4n) is 1.67. The van der Waals surface area contributed by atoms with E-state index in [0.717, 1.165) is 5.56 Å². The zero-order valence-electron chi connectivity index (χ0n) is 11.4. The molecular weight excluding hydrogens is 379 g/mol. The molecule has 0 saturated carbocycles. The summed E-state index contributed by atoms with van der Waals surface area (Å²) in [4.78, 5) is 12.0. The summed E-state index contributed by atoms with van der Waals surface area (Å²) in [5, 5.41) is 0. The lowest BCUT2D eigenvalue weighted by atomic mass is 10.2. The van der Waals surface area contributed by atoms with Crippen LogP contribution >= 0.6 is 15.9 Å². The SMILES string of the molecule is Cc1ccc(S(=NC(=O)c2ccccc2Br)C(F)(F)F)cc1. The monoisotopic (exact) mass is 389 g/mol. The van der Waals surface area contributed by atoms with Crippen LogP contribution in [0.15, 0.2) is 62.3 Å². The number of halogens is 4. The third kappa shape index (κ3) is 4.04. The molecule has 7 heteroatoms. The van der Waals surface area contributed by atoms with E-state index >= 15 is 0 Å². The fraction of sp³-hybridized carbons (Fsp3) is 0.133. The molecule has 0 aliphatic rings. The van der Waals surface area contributed by atoms with Gasteiger partial charge in [-0.15, -0.1) is 0 Å². The van der Waals surface area contributed by atoms with Gasteiger partial charge in [-0.3, -0.25) is 4.79 Å². The molecule has 1 unspecified atom stereocenters. The Kier molecular flexibility index (Phi) is 5.18. The summed E-state index contributed by atoms with van der Waals surface area (Å²) in [6.07, 6.45) is 0. The Balaban J connectivity index is 2.48. The molecule has 0 fully saturated rings. The van der Waals surface area contributed by atoms with Crippen LogP contribution in [0.2, 0.25) is 0 Å². The minimum absolute atomic E-state index is 0.0292. The Labute approximate surface area is 136 Å². The van der Waals surface area contributed by atoms with Crippen LogP contribution in [0.4, 0.5) is 13.2 Å². The summed E-state index contributed by atoms with van der Waals surface area (Å²) >= 11 is 3.14. The third-order valence-electron chi connectivity index (χ3n) is 2.74. The number of carbonyl (C=O) groups excluding carboxylic acids is 1. The zero-order valence-corrected chi connectivity index (χ0v) is 13.8. The van der Waals surface area contributed by atoms with Gasteiger partial charge in [0.2, 0.25) is 0 Å². The topological polar surface area (TPSA) is 29.4 Å². The molecular formula is C15H11BrF3NOS. The molecule has 1 amide bonds. The van der Waals surface area contributed by atoms with Crippen LogP contribution in [0.5, 0.6) is 0 Å². The van der Waals surface area contributed by atoms with Gasteiger partial charge in [0.25, 0.3) is 5.91 Å². The van der Waals surface area contributed by atoms with Crippen molar-refractivity contribution in [2.75, 3.05) is 0 Å². The Morgan fingerprint density at radius 2 is 1.68 bits per heavy atom. The predicted molar refractivity (Wildman–Crippen MR) is 83.8 cm³/mol. The minimum atomic E-state index is -4.60. The van der Waals surface area contributed by atoms with E-state index in [1.165, 1.54) is 18.2 Å². The fourth-order valence-corrected chi connectivity index (χ4v) is 3.26. The first kappa shape index (κ1) is 16.9. The number of nitrogens with zero attached hydrogens (tertiary/aromatic N) is 1. The van der Waals surface area contributed by atoms with E-state index in [1.54, 1.807) is 37.3 Å². The number of carbonyl (C=O) groups is 1. The summed E-state index contributed by atoms with van der Waals surface area (Å²) in [5.74, 6) is -0.895. The maximum Gasteiger partial charge on any atom is 0.457 e. The first-order chi connectivity index (χ1) is 10.3. The van der Waals surface area contributed by atoms with Crippen molar-refractivity contribution in [2.24, 2.45) is 4.36 Å². The lowest BCUT2D eigenvalue weighted by Gasteiger charge is -2.12. The van der Waals surface area contributed by atoms with Crippen molar-refractivity contribution < 1.29 is 18.0 Å². The highest BCUT2D eigenvalue weighted by Gasteiger charge is 2.36. The summed E-state index contributed by atoms with van der Waals surface area (Å²) in [5.41, 5.74) is -3.66. The van der Waals surface area contributed by atoms with Crippen molar-refractivity contribution in [2.45, 2.75) is 17.3 Å². The Bertz CT molecular complexity index is 726. The Morgan fingerprint density at radius 3 is 2.23 bits per heavy atom. The Morgan fingerprint density at radius 1 is 1.09 bits per heavy atom. The number of rotatable bonds is 2. The second kappa shape index (κ2) is 6.75. The number of aryl methyl sites for hydroxylation is 1. The molecule has 2 rings (SSSR count). The van der Waals surface area contributed by atoms with E-state index < -0.39 is 22.1 Å². The van der Waals surface area contributed by atoms with Gasteiger partial charge >= 0.3 is 5.51 Å². The van der Waals surface area contributed by atoms with Crippen molar-refractivity contribution in [1.29, 1.82) is 0 Å². The van der Waals surface area contributed by atoms with Crippen LogP contribution < -0.4 is 0 Å². The second-order valence-electron chi connectivity index (χ2n) is 4.42. The van der Waals surface area contributed by atoms with E-state index in [4.69, 9.17) is 0 Å². The minimum Gasteiger partial charge on any atom is -0.266 e. The van der Waals surface area contributed by atoms with Gasteiger partial charge in [-0.1, -0.05) is 29.8 Å². The average Bonchev–Trinajstić information content (AvgIpc) is 2.45. The van der Waals surface area contributed by atoms with Gasteiger partial charge in [0.15, 0.2) is 0 Å². The van der Waals surface area contributed by atoms with Crippen LogP contribution in [-0.4, -0.2) is 11.4 Å². The lowest BCUT2D eigenvalue weighted by molar-refractivity contribution is -0.0357. The van der Waals surface area contributed by atoms with Crippen LogP contribution in [0.1, 0.15) is 15.9 Å². The largest absolute Gasteiger partial charge is 0.457 e. The van der Waals surface area contributed by atoms with E-state index in [0.29, 0.717) is 4.47 Å². The van der Waals surface area contributed by atoms with Crippen LogP contribution in [0, 0.1) is 6.92 Å². The number of alkyl halides is 3. The van der Waals surface area contributed by atoms with Crippen molar-refractivity contribution in [3.8, 4) is 0 Å². The molecule has 0 aromatic heterocycles. The molecule has 0 saturated heterocycles. The van der Waals surface area contributed by atoms with E-state index in [9.17, 15) is 18.0 Å². The highest BCUT2D eigenvalue weighted by Crippen LogP contribution is 2.30. The van der Waals surface area contributed by atoms with Crippen LogP contribution in [0.25, 0.3) is 0 Å². The van der Waals surface area contributed by atoms with Gasteiger partial charge in [0, 0.05) is 20.1 Å². The summed E-state index contributed by atoms with van der Waals surface area (Å²) in [6.45, 7) is 1.78. The third-order valence-corrected chi connectivity index (χ3v) is 4.94. The molecule has 1 atom stereocenters. The van der Waals surface area contributed by atoms with Crippen LogP contribution in [0.3, 0.4) is 0 Å². The van der Waals surface area contributed by atoms with Gasteiger partial charge in [-0.2, -0.15) is 17.5 Å². The number of hydrogen-bond acceptors (Lipinski definition) is 1. The van der Waals surface area contributed by atoms with Crippen molar-refractivity contribution in [1.82, 2.24) is 0 Å².